The van der Waals surface area contributed by atoms with Gasteiger partial charge in [0, 0.05) is 18.7 Å². The van der Waals surface area contributed by atoms with Crippen molar-refractivity contribution in [3.8, 4) is 11.5 Å². The van der Waals surface area contributed by atoms with E-state index in [1.807, 2.05) is 68.4 Å². The Bertz CT molecular complexity index is 910. The van der Waals surface area contributed by atoms with E-state index in [0.717, 1.165) is 23.4 Å². The molecule has 2 aromatic carbocycles. The van der Waals surface area contributed by atoms with E-state index >= 15 is 0 Å². The highest BCUT2D eigenvalue weighted by Crippen LogP contribution is 2.19. The molecule has 1 aromatic heterocycles. The van der Waals surface area contributed by atoms with Crippen LogP contribution in [0, 0.1) is 6.92 Å². The lowest BCUT2D eigenvalue weighted by molar-refractivity contribution is 0.168. The summed E-state index contributed by atoms with van der Waals surface area (Å²) in [6, 6.07) is 17.7. The first-order valence-corrected chi connectivity index (χ1v) is 9.92. The molecule has 1 atom stereocenters. The molecule has 3 aromatic rings. The number of nitrogens with one attached hydrogen (secondary N) is 2. The van der Waals surface area contributed by atoms with Crippen LogP contribution in [0.25, 0.3) is 11.5 Å². The molecular weight excluding hydrogens is 491 g/mol. The second-order valence-electron chi connectivity index (χ2n) is 6.85. The van der Waals surface area contributed by atoms with Gasteiger partial charge in [0.1, 0.15) is 12.0 Å². The van der Waals surface area contributed by atoms with Crippen LogP contribution < -0.4 is 10.6 Å². The van der Waals surface area contributed by atoms with E-state index in [9.17, 15) is 5.11 Å². The van der Waals surface area contributed by atoms with Gasteiger partial charge in [0.25, 0.3) is 0 Å². The highest BCUT2D eigenvalue weighted by Gasteiger charge is 2.08. The van der Waals surface area contributed by atoms with Crippen molar-refractivity contribution in [3.05, 3.63) is 77.7 Å². The molecule has 6 nitrogen and oxygen atoms in total. The number of benzene rings is 2. The molecule has 0 amide bonds. The number of rotatable bonds is 8. The minimum atomic E-state index is -0.501. The van der Waals surface area contributed by atoms with Crippen molar-refractivity contribution in [2.75, 3.05) is 13.1 Å². The molecular formula is C23H29IN4O2. The fourth-order valence-corrected chi connectivity index (χ4v) is 2.88. The molecule has 0 aliphatic carbocycles. The quantitative estimate of drug-likeness (QED) is 0.232. The molecule has 0 bridgehead atoms. The van der Waals surface area contributed by atoms with Crippen molar-refractivity contribution in [1.29, 1.82) is 0 Å². The zero-order valence-corrected chi connectivity index (χ0v) is 19.7. The van der Waals surface area contributed by atoms with Gasteiger partial charge < -0.3 is 20.2 Å². The average Bonchev–Trinajstić information content (AvgIpc) is 3.22. The molecule has 0 radical (unpaired) electrons. The normalized spacial score (nSPS) is 12.2. The second kappa shape index (κ2) is 12.3. The maximum Gasteiger partial charge on any atom is 0.226 e. The molecule has 160 valence electrons. The van der Waals surface area contributed by atoms with Crippen molar-refractivity contribution in [2.24, 2.45) is 4.99 Å². The monoisotopic (exact) mass is 520 g/mol. The smallest absolute Gasteiger partial charge is 0.226 e. The Kier molecular flexibility index (Phi) is 9.82. The first kappa shape index (κ1) is 23.9. The molecule has 0 saturated heterocycles. The zero-order valence-electron chi connectivity index (χ0n) is 17.3. The van der Waals surface area contributed by atoms with E-state index in [-0.39, 0.29) is 24.0 Å². The van der Waals surface area contributed by atoms with Crippen molar-refractivity contribution in [3.63, 3.8) is 0 Å². The molecule has 3 rings (SSSR count). The Morgan fingerprint density at radius 3 is 2.53 bits per heavy atom. The van der Waals surface area contributed by atoms with Gasteiger partial charge in [-0.05, 0) is 38.0 Å². The molecule has 7 heteroatoms. The van der Waals surface area contributed by atoms with E-state index in [0.29, 0.717) is 31.4 Å². The molecule has 0 saturated carbocycles. The second-order valence-corrected chi connectivity index (χ2v) is 6.85. The Balaban J connectivity index is 0.00000320. The van der Waals surface area contributed by atoms with E-state index in [1.165, 1.54) is 5.56 Å². The number of guanidine groups is 1. The zero-order chi connectivity index (χ0) is 20.5. The molecule has 30 heavy (non-hydrogen) atoms. The van der Waals surface area contributed by atoms with E-state index in [1.54, 1.807) is 6.26 Å². The lowest BCUT2D eigenvalue weighted by atomic mass is 10.1. The van der Waals surface area contributed by atoms with Crippen molar-refractivity contribution >= 4 is 29.9 Å². The molecule has 0 spiro atoms. The van der Waals surface area contributed by atoms with Crippen molar-refractivity contribution in [1.82, 2.24) is 15.6 Å². The largest absolute Gasteiger partial charge is 0.444 e. The van der Waals surface area contributed by atoms with Gasteiger partial charge in [-0.2, -0.15) is 0 Å². The number of hydrogen-bond donors (Lipinski definition) is 3. The number of hydrogen-bond acceptors (Lipinski definition) is 4. The number of aliphatic hydroxyl groups excluding tert-OH is 1. The maximum absolute atomic E-state index is 10.3. The Morgan fingerprint density at radius 1 is 1.10 bits per heavy atom. The number of oxazole rings is 1. The van der Waals surface area contributed by atoms with Gasteiger partial charge in [0.05, 0.1) is 12.6 Å². The van der Waals surface area contributed by atoms with E-state index < -0.39 is 6.10 Å². The molecule has 1 unspecified atom stereocenters. The van der Waals surface area contributed by atoms with Crippen LogP contribution in [0.1, 0.15) is 36.3 Å². The standard InChI is InChI=1S/C23H28N4O2.HI/c1-3-24-23(25-14-13-21(28)18-7-5-4-6-8-18)26-15-20-16-29-22(27-20)19-11-9-17(2)10-12-19;/h4-12,16,21,28H,3,13-15H2,1-2H3,(H2,24,25,26);1H. The molecule has 3 N–H and O–H groups in total. The van der Waals surface area contributed by atoms with Crippen molar-refractivity contribution in [2.45, 2.75) is 32.9 Å². The van der Waals surface area contributed by atoms with Gasteiger partial charge in [-0.15, -0.1) is 24.0 Å². The Labute approximate surface area is 194 Å². The van der Waals surface area contributed by atoms with Crippen LogP contribution in [0.3, 0.4) is 0 Å². The van der Waals surface area contributed by atoms with Crippen molar-refractivity contribution < 1.29 is 9.52 Å². The fraction of sp³-hybridized carbons (Fsp3) is 0.304. The number of nitrogens with zero attached hydrogens (tertiary/aromatic N) is 2. The summed E-state index contributed by atoms with van der Waals surface area (Å²) in [7, 11) is 0. The number of aromatic nitrogens is 1. The van der Waals surface area contributed by atoms with Crippen LogP contribution in [0.5, 0.6) is 0 Å². The lowest BCUT2D eigenvalue weighted by Gasteiger charge is -2.14. The Hall–Kier alpha value is -2.39. The SMILES string of the molecule is CCNC(=NCc1coc(-c2ccc(C)cc2)n1)NCCC(O)c1ccccc1.I. The summed E-state index contributed by atoms with van der Waals surface area (Å²) >= 11 is 0. The number of halogens is 1. The summed E-state index contributed by atoms with van der Waals surface area (Å²) in [5, 5.41) is 16.7. The Morgan fingerprint density at radius 2 is 1.83 bits per heavy atom. The predicted molar refractivity (Wildman–Crippen MR) is 131 cm³/mol. The molecule has 0 fully saturated rings. The highest BCUT2D eigenvalue weighted by molar-refractivity contribution is 14.0. The van der Waals surface area contributed by atoms with E-state index in [4.69, 9.17) is 4.42 Å². The highest BCUT2D eigenvalue weighted by atomic mass is 127. The summed E-state index contributed by atoms with van der Waals surface area (Å²) in [5.74, 6) is 1.28. The number of aliphatic hydroxyl groups is 1. The maximum atomic E-state index is 10.3. The fourth-order valence-electron chi connectivity index (χ4n) is 2.88. The third kappa shape index (κ3) is 7.14. The van der Waals surface area contributed by atoms with Gasteiger partial charge in [0.15, 0.2) is 5.96 Å². The van der Waals surface area contributed by atoms with Crippen LogP contribution in [0.2, 0.25) is 0 Å². The molecule has 0 aliphatic rings. The predicted octanol–water partition coefficient (Wildman–Crippen LogP) is 4.45. The van der Waals surface area contributed by atoms with Gasteiger partial charge in [-0.25, -0.2) is 9.98 Å². The lowest BCUT2D eigenvalue weighted by Crippen LogP contribution is -2.38. The van der Waals surface area contributed by atoms with Crippen LogP contribution in [-0.4, -0.2) is 29.1 Å². The number of aliphatic imine (C=N–C) groups is 1. The summed E-state index contributed by atoms with van der Waals surface area (Å²) in [4.78, 5) is 9.09. The summed E-state index contributed by atoms with van der Waals surface area (Å²) in [6.45, 7) is 5.83. The molecule has 0 aliphatic heterocycles. The topological polar surface area (TPSA) is 82.7 Å². The first-order valence-electron chi connectivity index (χ1n) is 9.92. The third-order valence-electron chi connectivity index (χ3n) is 4.49. The van der Waals surface area contributed by atoms with E-state index in [2.05, 4.69) is 20.6 Å². The third-order valence-corrected chi connectivity index (χ3v) is 4.49. The van der Waals surface area contributed by atoms with Gasteiger partial charge >= 0.3 is 0 Å². The average molecular weight is 520 g/mol. The van der Waals surface area contributed by atoms with Gasteiger partial charge in [-0.1, -0.05) is 48.0 Å². The minimum Gasteiger partial charge on any atom is -0.444 e. The van der Waals surface area contributed by atoms with Crippen LogP contribution in [0.4, 0.5) is 0 Å². The van der Waals surface area contributed by atoms with Crippen LogP contribution >= 0.6 is 24.0 Å². The minimum absolute atomic E-state index is 0. The summed E-state index contributed by atoms with van der Waals surface area (Å²) in [5.41, 5.74) is 3.83. The first-order chi connectivity index (χ1) is 14.2. The van der Waals surface area contributed by atoms with Gasteiger partial charge in [-0.3, -0.25) is 0 Å². The van der Waals surface area contributed by atoms with Gasteiger partial charge in [0.2, 0.25) is 5.89 Å². The summed E-state index contributed by atoms with van der Waals surface area (Å²) in [6.07, 6.45) is 1.73. The summed E-state index contributed by atoms with van der Waals surface area (Å²) < 4.78 is 5.59. The van der Waals surface area contributed by atoms with Crippen LogP contribution in [0.15, 0.2) is 70.3 Å². The number of aryl methyl sites for hydroxylation is 1. The van der Waals surface area contributed by atoms with Crippen LogP contribution in [-0.2, 0) is 6.54 Å². The molecule has 1 heterocycles.